The predicted molar refractivity (Wildman–Crippen MR) is 79.4 cm³/mol. The largest absolute Gasteiger partial charge is 0.486 e. The Morgan fingerprint density at radius 1 is 1.33 bits per heavy atom. The van der Waals surface area contributed by atoms with Gasteiger partial charge in [0.15, 0.2) is 11.0 Å². The smallest absolute Gasteiger partial charge is 0.313 e. The molecule has 1 heterocycles. The number of rotatable bonds is 8. The van der Waals surface area contributed by atoms with Crippen LogP contribution in [0.1, 0.15) is 19.2 Å². The van der Waals surface area contributed by atoms with Gasteiger partial charge < -0.3 is 14.4 Å². The number of carboxylic acids is 1. The molecule has 0 unspecified atom stereocenters. The van der Waals surface area contributed by atoms with Gasteiger partial charge in [-0.3, -0.25) is 4.79 Å². The van der Waals surface area contributed by atoms with Gasteiger partial charge >= 0.3 is 5.97 Å². The van der Waals surface area contributed by atoms with Crippen molar-refractivity contribution in [2.75, 3.05) is 5.75 Å². The van der Waals surface area contributed by atoms with E-state index in [1.807, 2.05) is 41.8 Å². The molecule has 21 heavy (non-hydrogen) atoms. The second kappa shape index (κ2) is 7.68. The van der Waals surface area contributed by atoms with Gasteiger partial charge in [0.1, 0.15) is 12.4 Å². The lowest BCUT2D eigenvalue weighted by Crippen LogP contribution is -2.09. The normalized spacial score (nSPS) is 10.5. The molecule has 0 aliphatic carbocycles. The fourth-order valence-corrected chi connectivity index (χ4v) is 2.48. The first-order valence-electron chi connectivity index (χ1n) is 6.65. The van der Waals surface area contributed by atoms with Gasteiger partial charge in [0.2, 0.25) is 0 Å². The minimum Gasteiger partial charge on any atom is -0.486 e. The van der Waals surface area contributed by atoms with Gasteiger partial charge in [-0.25, -0.2) is 0 Å². The van der Waals surface area contributed by atoms with Gasteiger partial charge in [0.25, 0.3) is 0 Å². The lowest BCUT2D eigenvalue weighted by Gasteiger charge is -2.09. The zero-order valence-corrected chi connectivity index (χ0v) is 12.5. The van der Waals surface area contributed by atoms with Crippen molar-refractivity contribution < 1.29 is 14.6 Å². The lowest BCUT2D eigenvalue weighted by atomic mass is 10.3. The summed E-state index contributed by atoms with van der Waals surface area (Å²) < 4.78 is 7.58. The van der Waals surface area contributed by atoms with Crippen LogP contribution in [-0.2, 0) is 17.9 Å². The average molecular weight is 307 g/mol. The van der Waals surface area contributed by atoms with Crippen LogP contribution in [0.15, 0.2) is 35.5 Å². The maximum Gasteiger partial charge on any atom is 0.313 e. The Balaban J connectivity index is 2.06. The van der Waals surface area contributed by atoms with Crippen molar-refractivity contribution in [1.29, 1.82) is 0 Å². The number of aromatic nitrogens is 3. The van der Waals surface area contributed by atoms with E-state index in [9.17, 15) is 4.79 Å². The molecule has 6 nitrogen and oxygen atoms in total. The van der Waals surface area contributed by atoms with Crippen molar-refractivity contribution in [3.63, 3.8) is 0 Å². The molecule has 0 saturated heterocycles. The zero-order valence-electron chi connectivity index (χ0n) is 11.7. The quantitative estimate of drug-likeness (QED) is 0.755. The number of nitrogens with zero attached hydrogens (tertiary/aromatic N) is 3. The molecule has 0 amide bonds. The Bertz CT molecular complexity index is 586. The fraction of sp³-hybridized carbons (Fsp3) is 0.357. The third kappa shape index (κ3) is 4.49. The summed E-state index contributed by atoms with van der Waals surface area (Å²) in [5, 5.41) is 17.5. The molecular formula is C14H17N3O3S. The highest BCUT2D eigenvalue weighted by Gasteiger charge is 2.13. The van der Waals surface area contributed by atoms with Crippen LogP contribution in [0.5, 0.6) is 5.75 Å². The molecule has 0 fully saturated rings. The van der Waals surface area contributed by atoms with E-state index >= 15 is 0 Å². The molecule has 7 heteroatoms. The Morgan fingerprint density at radius 2 is 2.10 bits per heavy atom. The fourth-order valence-electron chi connectivity index (χ4n) is 1.77. The number of aliphatic carboxylic acids is 1. The second-order valence-corrected chi connectivity index (χ2v) is 5.28. The number of para-hydroxylation sites is 1. The third-order valence-corrected chi connectivity index (χ3v) is 3.63. The molecule has 0 radical (unpaired) electrons. The van der Waals surface area contributed by atoms with Crippen LogP contribution in [0.3, 0.4) is 0 Å². The third-order valence-electron chi connectivity index (χ3n) is 2.68. The van der Waals surface area contributed by atoms with E-state index in [0.29, 0.717) is 17.6 Å². The summed E-state index contributed by atoms with van der Waals surface area (Å²) in [6.07, 6.45) is 0.914. The number of hydrogen-bond acceptors (Lipinski definition) is 5. The second-order valence-electron chi connectivity index (χ2n) is 4.33. The Hall–Kier alpha value is -2.02. The molecule has 112 valence electrons. The SMILES string of the molecule is CCCn1c(COc2ccccc2)nnc1SCC(=O)O. The minimum absolute atomic E-state index is 0.0264. The summed E-state index contributed by atoms with van der Waals surface area (Å²) in [6.45, 7) is 3.10. The van der Waals surface area contributed by atoms with Crippen molar-refractivity contribution >= 4 is 17.7 Å². The maximum absolute atomic E-state index is 10.7. The highest BCUT2D eigenvalue weighted by molar-refractivity contribution is 7.99. The summed E-state index contributed by atoms with van der Waals surface area (Å²) >= 11 is 1.17. The highest BCUT2D eigenvalue weighted by Crippen LogP contribution is 2.18. The first kappa shape index (κ1) is 15.4. The number of carbonyl (C=O) groups is 1. The van der Waals surface area contributed by atoms with Crippen molar-refractivity contribution in [2.45, 2.75) is 31.7 Å². The number of benzene rings is 1. The van der Waals surface area contributed by atoms with Crippen LogP contribution in [-0.4, -0.2) is 31.6 Å². The summed E-state index contributed by atoms with van der Waals surface area (Å²) in [5.41, 5.74) is 0. The Morgan fingerprint density at radius 3 is 2.76 bits per heavy atom. The Labute approximate surface area is 127 Å². The molecule has 1 aromatic heterocycles. The van der Waals surface area contributed by atoms with Crippen LogP contribution in [0.25, 0.3) is 0 Å². The molecule has 0 bridgehead atoms. The van der Waals surface area contributed by atoms with E-state index in [4.69, 9.17) is 9.84 Å². The molecule has 0 saturated carbocycles. The van der Waals surface area contributed by atoms with Crippen molar-refractivity contribution in [3.05, 3.63) is 36.2 Å². The van der Waals surface area contributed by atoms with Gasteiger partial charge in [-0.05, 0) is 18.6 Å². The van der Waals surface area contributed by atoms with Crippen LogP contribution in [0.4, 0.5) is 0 Å². The molecule has 2 rings (SSSR count). The molecule has 0 atom stereocenters. The summed E-state index contributed by atoms with van der Waals surface area (Å²) in [5.74, 6) is 0.575. The molecule has 1 N–H and O–H groups in total. The Kier molecular flexibility index (Phi) is 5.62. The van der Waals surface area contributed by atoms with E-state index < -0.39 is 5.97 Å². The molecule has 2 aromatic rings. The van der Waals surface area contributed by atoms with Crippen molar-refractivity contribution in [3.8, 4) is 5.75 Å². The molecule has 0 aliphatic heterocycles. The summed E-state index contributed by atoms with van der Waals surface area (Å²) in [4.78, 5) is 10.7. The number of ether oxygens (including phenoxy) is 1. The van der Waals surface area contributed by atoms with Gasteiger partial charge in [-0.2, -0.15) is 0 Å². The van der Waals surface area contributed by atoms with E-state index in [0.717, 1.165) is 18.7 Å². The first-order valence-corrected chi connectivity index (χ1v) is 7.63. The van der Waals surface area contributed by atoms with E-state index in [1.54, 1.807) is 0 Å². The van der Waals surface area contributed by atoms with E-state index in [-0.39, 0.29) is 5.75 Å². The minimum atomic E-state index is -0.867. The highest BCUT2D eigenvalue weighted by atomic mass is 32.2. The topological polar surface area (TPSA) is 77.2 Å². The van der Waals surface area contributed by atoms with Crippen LogP contribution >= 0.6 is 11.8 Å². The van der Waals surface area contributed by atoms with Crippen LogP contribution in [0, 0.1) is 0 Å². The predicted octanol–water partition coefficient (Wildman–Crippen LogP) is 2.44. The average Bonchev–Trinajstić information content (AvgIpc) is 2.87. The van der Waals surface area contributed by atoms with Gasteiger partial charge in [0, 0.05) is 6.54 Å². The molecule has 1 aromatic carbocycles. The summed E-state index contributed by atoms with van der Waals surface area (Å²) in [6, 6.07) is 9.48. The standard InChI is InChI=1S/C14H17N3O3S/c1-2-8-17-12(9-20-11-6-4-3-5-7-11)15-16-14(17)21-10-13(18)19/h3-7H,2,8-10H2,1H3,(H,18,19). The monoisotopic (exact) mass is 307 g/mol. The van der Waals surface area contributed by atoms with Crippen LogP contribution < -0.4 is 4.74 Å². The lowest BCUT2D eigenvalue weighted by molar-refractivity contribution is -0.133. The first-order chi connectivity index (χ1) is 10.2. The van der Waals surface area contributed by atoms with Crippen molar-refractivity contribution in [2.24, 2.45) is 0 Å². The number of thioether (sulfide) groups is 1. The molecular weight excluding hydrogens is 290 g/mol. The summed E-state index contributed by atoms with van der Waals surface area (Å²) in [7, 11) is 0. The van der Waals surface area contributed by atoms with E-state index in [1.165, 1.54) is 11.8 Å². The van der Waals surface area contributed by atoms with Gasteiger partial charge in [0.05, 0.1) is 5.75 Å². The molecule has 0 spiro atoms. The maximum atomic E-state index is 10.7. The van der Waals surface area contributed by atoms with E-state index in [2.05, 4.69) is 10.2 Å². The van der Waals surface area contributed by atoms with Gasteiger partial charge in [-0.15, -0.1) is 10.2 Å². The number of hydrogen-bond donors (Lipinski definition) is 1. The zero-order chi connectivity index (χ0) is 15.1. The van der Waals surface area contributed by atoms with Crippen LogP contribution in [0.2, 0.25) is 0 Å². The van der Waals surface area contributed by atoms with Gasteiger partial charge in [-0.1, -0.05) is 36.9 Å². The molecule has 0 aliphatic rings. The number of carboxylic acid groups (broad SMARTS) is 1. The van der Waals surface area contributed by atoms with Crippen molar-refractivity contribution in [1.82, 2.24) is 14.8 Å².